The molecule has 2 N–H and O–H groups in total. The minimum absolute atomic E-state index is 0. The standard InChI is InChI=1S/C15H19N3O.ClH/c16-15(10-4-5-11-15)14-17-13(18-19-14)9-8-12-6-2-1-3-7-12;/h1-3,6-7H,4-5,8-11,16H2;1H. The zero-order valence-electron chi connectivity index (χ0n) is 11.4. The average molecular weight is 294 g/mol. The van der Waals surface area contributed by atoms with Crippen LogP contribution in [-0.2, 0) is 18.4 Å². The van der Waals surface area contributed by atoms with Crippen molar-refractivity contribution in [1.29, 1.82) is 0 Å². The molecule has 0 radical (unpaired) electrons. The van der Waals surface area contributed by atoms with Crippen LogP contribution < -0.4 is 5.73 Å². The van der Waals surface area contributed by atoms with E-state index < -0.39 is 0 Å². The van der Waals surface area contributed by atoms with E-state index in [-0.39, 0.29) is 17.9 Å². The highest BCUT2D eigenvalue weighted by atomic mass is 35.5. The van der Waals surface area contributed by atoms with Crippen LogP contribution in [0, 0.1) is 0 Å². The van der Waals surface area contributed by atoms with Crippen molar-refractivity contribution in [3.63, 3.8) is 0 Å². The van der Waals surface area contributed by atoms with Gasteiger partial charge in [0.15, 0.2) is 5.82 Å². The van der Waals surface area contributed by atoms with Gasteiger partial charge in [0, 0.05) is 6.42 Å². The quantitative estimate of drug-likeness (QED) is 0.941. The molecule has 1 aromatic carbocycles. The fourth-order valence-corrected chi connectivity index (χ4v) is 2.68. The van der Waals surface area contributed by atoms with Crippen molar-refractivity contribution >= 4 is 12.4 Å². The molecule has 1 aliphatic rings. The van der Waals surface area contributed by atoms with Gasteiger partial charge in [0.05, 0.1) is 5.54 Å². The normalized spacial score (nSPS) is 16.9. The molecule has 0 atom stereocenters. The van der Waals surface area contributed by atoms with E-state index in [0.29, 0.717) is 5.89 Å². The number of aromatic nitrogens is 2. The molecule has 5 heteroatoms. The summed E-state index contributed by atoms with van der Waals surface area (Å²) in [6, 6.07) is 10.3. The molecule has 1 saturated carbocycles. The lowest BCUT2D eigenvalue weighted by Crippen LogP contribution is -2.33. The van der Waals surface area contributed by atoms with Gasteiger partial charge in [0.2, 0.25) is 5.89 Å². The van der Waals surface area contributed by atoms with Crippen molar-refractivity contribution in [3.8, 4) is 0 Å². The molecule has 1 fully saturated rings. The van der Waals surface area contributed by atoms with Crippen LogP contribution in [0.25, 0.3) is 0 Å². The van der Waals surface area contributed by atoms with Gasteiger partial charge >= 0.3 is 0 Å². The molecule has 2 aromatic rings. The largest absolute Gasteiger partial charge is 0.337 e. The Morgan fingerprint density at radius 1 is 1.10 bits per heavy atom. The lowest BCUT2D eigenvalue weighted by Gasteiger charge is -2.17. The zero-order chi connectivity index (χ0) is 13.1. The minimum atomic E-state index is -0.377. The number of aryl methyl sites for hydroxylation is 2. The molecule has 0 saturated heterocycles. The molecular formula is C15H20ClN3O. The summed E-state index contributed by atoms with van der Waals surface area (Å²) in [5.74, 6) is 1.38. The van der Waals surface area contributed by atoms with Crippen LogP contribution in [-0.4, -0.2) is 10.1 Å². The summed E-state index contributed by atoms with van der Waals surface area (Å²) < 4.78 is 5.35. The van der Waals surface area contributed by atoms with Crippen LogP contribution in [0.3, 0.4) is 0 Å². The summed E-state index contributed by atoms with van der Waals surface area (Å²) in [5, 5.41) is 4.05. The zero-order valence-corrected chi connectivity index (χ0v) is 12.2. The van der Waals surface area contributed by atoms with Crippen molar-refractivity contribution in [2.45, 2.75) is 44.1 Å². The first-order chi connectivity index (χ1) is 9.26. The first kappa shape index (κ1) is 15.0. The summed E-state index contributed by atoms with van der Waals surface area (Å²) in [4.78, 5) is 4.48. The molecule has 0 unspecified atom stereocenters. The maximum absolute atomic E-state index is 6.30. The predicted octanol–water partition coefficient (Wildman–Crippen LogP) is 3.00. The number of nitrogens with two attached hydrogens (primary N) is 1. The molecule has 4 nitrogen and oxygen atoms in total. The summed E-state index contributed by atoms with van der Waals surface area (Å²) in [6.07, 6.45) is 5.93. The Morgan fingerprint density at radius 3 is 2.50 bits per heavy atom. The number of nitrogens with zero attached hydrogens (tertiary/aromatic N) is 2. The molecule has 1 aromatic heterocycles. The van der Waals surface area contributed by atoms with Crippen molar-refractivity contribution in [3.05, 3.63) is 47.6 Å². The molecule has 0 amide bonds. The fraction of sp³-hybridized carbons (Fsp3) is 0.467. The number of rotatable bonds is 4. The van der Waals surface area contributed by atoms with Crippen LogP contribution in [0.1, 0.15) is 43.0 Å². The van der Waals surface area contributed by atoms with E-state index in [2.05, 4.69) is 22.3 Å². The van der Waals surface area contributed by atoms with E-state index >= 15 is 0 Å². The van der Waals surface area contributed by atoms with Crippen molar-refractivity contribution in [2.75, 3.05) is 0 Å². The Labute approximate surface area is 125 Å². The first-order valence-corrected chi connectivity index (χ1v) is 6.92. The maximum atomic E-state index is 6.30. The van der Waals surface area contributed by atoms with E-state index in [1.165, 1.54) is 5.56 Å². The van der Waals surface area contributed by atoms with Crippen LogP contribution in [0.5, 0.6) is 0 Å². The lowest BCUT2D eigenvalue weighted by molar-refractivity contribution is 0.284. The van der Waals surface area contributed by atoms with Crippen LogP contribution in [0.2, 0.25) is 0 Å². The third-order valence-corrected chi connectivity index (χ3v) is 3.87. The van der Waals surface area contributed by atoms with E-state index in [4.69, 9.17) is 10.3 Å². The van der Waals surface area contributed by atoms with Gasteiger partial charge in [-0.1, -0.05) is 48.3 Å². The molecule has 20 heavy (non-hydrogen) atoms. The Hall–Kier alpha value is -1.39. The number of hydrogen-bond donors (Lipinski definition) is 1. The fourth-order valence-electron chi connectivity index (χ4n) is 2.68. The smallest absolute Gasteiger partial charge is 0.246 e. The number of halogens is 1. The molecule has 0 aliphatic heterocycles. The van der Waals surface area contributed by atoms with Gasteiger partial charge in [-0.15, -0.1) is 12.4 Å². The average Bonchev–Trinajstić information content (AvgIpc) is 3.07. The van der Waals surface area contributed by atoms with Gasteiger partial charge in [-0.3, -0.25) is 0 Å². The van der Waals surface area contributed by atoms with E-state index in [9.17, 15) is 0 Å². The molecule has 0 spiro atoms. The summed E-state index contributed by atoms with van der Waals surface area (Å²) in [6.45, 7) is 0. The maximum Gasteiger partial charge on any atom is 0.246 e. The highest BCUT2D eigenvalue weighted by Gasteiger charge is 2.36. The lowest BCUT2D eigenvalue weighted by atomic mass is 9.99. The van der Waals surface area contributed by atoms with Gasteiger partial charge in [-0.25, -0.2) is 0 Å². The number of hydrogen-bond acceptors (Lipinski definition) is 4. The Balaban J connectivity index is 0.00000147. The second kappa shape index (κ2) is 6.37. The van der Waals surface area contributed by atoms with E-state index in [0.717, 1.165) is 44.3 Å². The third-order valence-electron chi connectivity index (χ3n) is 3.87. The van der Waals surface area contributed by atoms with Crippen molar-refractivity contribution in [1.82, 2.24) is 10.1 Å². The summed E-state index contributed by atoms with van der Waals surface area (Å²) in [7, 11) is 0. The van der Waals surface area contributed by atoms with E-state index in [1.807, 2.05) is 18.2 Å². The second-order valence-electron chi connectivity index (χ2n) is 5.36. The molecule has 3 rings (SSSR count). The monoisotopic (exact) mass is 293 g/mol. The highest BCUT2D eigenvalue weighted by molar-refractivity contribution is 5.85. The topological polar surface area (TPSA) is 64.9 Å². The molecule has 1 heterocycles. The number of benzene rings is 1. The van der Waals surface area contributed by atoms with Crippen LogP contribution >= 0.6 is 12.4 Å². The molecule has 1 aliphatic carbocycles. The first-order valence-electron chi connectivity index (χ1n) is 6.92. The SMILES string of the molecule is Cl.NC1(c2nc(CCc3ccccc3)no2)CCCC1. The Morgan fingerprint density at radius 2 is 1.80 bits per heavy atom. The highest BCUT2D eigenvalue weighted by Crippen LogP contribution is 2.35. The molecule has 108 valence electrons. The van der Waals surface area contributed by atoms with E-state index in [1.54, 1.807) is 0 Å². The van der Waals surface area contributed by atoms with Gasteiger partial charge in [-0.2, -0.15) is 4.98 Å². The summed E-state index contributed by atoms with van der Waals surface area (Å²) >= 11 is 0. The van der Waals surface area contributed by atoms with Crippen molar-refractivity contribution in [2.24, 2.45) is 5.73 Å². The van der Waals surface area contributed by atoms with Crippen molar-refractivity contribution < 1.29 is 4.52 Å². The molecule has 0 bridgehead atoms. The summed E-state index contributed by atoms with van der Waals surface area (Å²) in [5.41, 5.74) is 7.22. The van der Waals surface area contributed by atoms with Crippen LogP contribution in [0.15, 0.2) is 34.9 Å². The molecular weight excluding hydrogens is 274 g/mol. The second-order valence-corrected chi connectivity index (χ2v) is 5.36. The van der Waals surface area contributed by atoms with Crippen LogP contribution in [0.4, 0.5) is 0 Å². The Kier molecular flexibility index (Phi) is 4.78. The van der Waals surface area contributed by atoms with Gasteiger partial charge < -0.3 is 10.3 Å². The predicted molar refractivity (Wildman–Crippen MR) is 79.7 cm³/mol. The minimum Gasteiger partial charge on any atom is -0.337 e. The third kappa shape index (κ3) is 3.19. The Bertz CT molecular complexity index is 535. The van der Waals surface area contributed by atoms with Gasteiger partial charge in [-0.05, 0) is 24.8 Å². The van der Waals surface area contributed by atoms with Gasteiger partial charge in [0.25, 0.3) is 0 Å². The van der Waals surface area contributed by atoms with Gasteiger partial charge in [0.1, 0.15) is 0 Å².